The largest absolute Gasteiger partial charge is 0.0911 e. The first-order chi connectivity index (χ1) is 9.72. The summed E-state index contributed by atoms with van der Waals surface area (Å²) in [6.45, 7) is 12.4. The lowest BCUT2D eigenvalue weighted by molar-refractivity contribution is 1.50. The number of benzene rings is 3. The van der Waals surface area contributed by atoms with E-state index in [1.165, 1.54) is 32.7 Å². The number of hydrogen-bond donors (Lipinski definition) is 0. The van der Waals surface area contributed by atoms with E-state index < -0.39 is 0 Å². The third-order valence-corrected chi connectivity index (χ3v) is 3.72. The smallest absolute Gasteiger partial charge is 0.00269 e. The highest BCUT2D eigenvalue weighted by atomic mass is 14.1. The summed E-state index contributed by atoms with van der Waals surface area (Å²) in [5.41, 5.74) is 2.60. The van der Waals surface area contributed by atoms with E-state index in [1.807, 2.05) is 13.8 Å². The zero-order valence-corrected chi connectivity index (χ0v) is 12.8. The summed E-state index contributed by atoms with van der Waals surface area (Å²) in [6.07, 6.45) is 2.16. The zero-order chi connectivity index (χ0) is 14.7. The monoisotopic (exact) mass is 262 g/mol. The molecular formula is C20H22. The van der Waals surface area contributed by atoms with Gasteiger partial charge in [0.25, 0.3) is 0 Å². The molecule has 0 atom stereocenters. The second-order valence-corrected chi connectivity index (χ2v) is 4.76. The standard InChI is InChI=1S/C18H16.C2H6/c1-4-12(2)16-11-10-15-7-5-6-14-9-8-13(3)17(16)18(14)15;1-2/h4-11H,3H2,1-2H3;1-2H3/b12-4-;. The predicted molar refractivity (Wildman–Crippen MR) is 92.9 cm³/mol. The van der Waals surface area contributed by atoms with E-state index in [9.17, 15) is 0 Å². The Bertz CT molecular complexity index is 791. The maximum atomic E-state index is 4.20. The molecule has 3 rings (SSSR count). The average molecular weight is 262 g/mol. The SMILES string of the molecule is C=c1ccc2cccc3ccc(/C(C)=C\C)c1c32.CC. The molecule has 0 nitrogen and oxygen atoms in total. The van der Waals surface area contributed by atoms with Crippen LogP contribution in [-0.4, -0.2) is 0 Å². The van der Waals surface area contributed by atoms with Gasteiger partial charge in [0.15, 0.2) is 0 Å². The molecule has 0 spiro atoms. The zero-order valence-electron chi connectivity index (χ0n) is 12.8. The molecule has 0 radical (unpaired) electrons. The van der Waals surface area contributed by atoms with Crippen LogP contribution in [0, 0.1) is 0 Å². The van der Waals surface area contributed by atoms with E-state index >= 15 is 0 Å². The highest BCUT2D eigenvalue weighted by Crippen LogP contribution is 2.30. The van der Waals surface area contributed by atoms with Crippen LogP contribution in [0.4, 0.5) is 0 Å². The fraction of sp³-hybridized carbons (Fsp3) is 0.200. The van der Waals surface area contributed by atoms with Gasteiger partial charge in [-0.1, -0.05) is 69.0 Å². The second kappa shape index (κ2) is 5.92. The molecule has 0 aliphatic heterocycles. The van der Waals surface area contributed by atoms with Gasteiger partial charge >= 0.3 is 0 Å². The van der Waals surface area contributed by atoms with Crippen molar-refractivity contribution in [3.8, 4) is 0 Å². The Kier molecular flexibility index (Phi) is 4.24. The Labute approximate surface area is 121 Å². The summed E-state index contributed by atoms with van der Waals surface area (Å²) < 4.78 is 0. The summed E-state index contributed by atoms with van der Waals surface area (Å²) in [5.74, 6) is 0. The Hall–Kier alpha value is -2.08. The maximum Gasteiger partial charge on any atom is -0.00269 e. The molecule has 0 unspecified atom stereocenters. The van der Waals surface area contributed by atoms with Crippen LogP contribution in [0.15, 0.2) is 48.5 Å². The van der Waals surface area contributed by atoms with Gasteiger partial charge in [0.1, 0.15) is 0 Å². The fourth-order valence-corrected chi connectivity index (χ4v) is 2.64. The number of hydrogen-bond acceptors (Lipinski definition) is 0. The minimum atomic E-state index is 1.11. The van der Waals surface area contributed by atoms with Crippen molar-refractivity contribution in [2.45, 2.75) is 27.7 Å². The average Bonchev–Trinajstić information content (AvgIpc) is 2.52. The minimum absolute atomic E-state index is 1.11. The van der Waals surface area contributed by atoms with Crippen molar-refractivity contribution in [2.24, 2.45) is 0 Å². The Balaban J connectivity index is 0.000000704. The van der Waals surface area contributed by atoms with E-state index in [1.54, 1.807) is 0 Å². The predicted octanol–water partition coefficient (Wildman–Crippen LogP) is 5.57. The summed E-state index contributed by atoms with van der Waals surface area (Å²) in [6, 6.07) is 15.1. The Morgan fingerprint density at radius 3 is 2.10 bits per heavy atom. The minimum Gasteiger partial charge on any atom is -0.0911 e. The molecule has 0 aliphatic rings. The summed E-state index contributed by atoms with van der Waals surface area (Å²) in [4.78, 5) is 0. The number of rotatable bonds is 1. The lowest BCUT2D eigenvalue weighted by Gasteiger charge is -2.11. The molecule has 0 heteroatoms. The lowest BCUT2D eigenvalue weighted by atomic mass is 9.92. The van der Waals surface area contributed by atoms with Crippen molar-refractivity contribution in [2.75, 3.05) is 0 Å². The molecule has 3 aromatic rings. The molecule has 0 aromatic heterocycles. The fourth-order valence-electron chi connectivity index (χ4n) is 2.64. The van der Waals surface area contributed by atoms with E-state index in [2.05, 4.69) is 69.0 Å². The lowest BCUT2D eigenvalue weighted by Crippen LogP contribution is -2.02. The van der Waals surface area contributed by atoms with Crippen LogP contribution in [-0.2, 0) is 0 Å². The Morgan fingerprint density at radius 1 is 0.900 bits per heavy atom. The van der Waals surface area contributed by atoms with Gasteiger partial charge in [0.2, 0.25) is 0 Å². The first kappa shape index (κ1) is 14.3. The van der Waals surface area contributed by atoms with E-state index in [-0.39, 0.29) is 0 Å². The number of allylic oxidation sites excluding steroid dienone is 2. The molecule has 20 heavy (non-hydrogen) atoms. The van der Waals surface area contributed by atoms with Gasteiger partial charge in [-0.15, -0.1) is 0 Å². The molecule has 0 amide bonds. The van der Waals surface area contributed by atoms with Crippen molar-refractivity contribution in [3.63, 3.8) is 0 Å². The van der Waals surface area contributed by atoms with Gasteiger partial charge in [-0.05, 0) is 51.7 Å². The van der Waals surface area contributed by atoms with E-state index in [0.29, 0.717) is 0 Å². The van der Waals surface area contributed by atoms with Gasteiger partial charge in [0.05, 0.1) is 0 Å². The van der Waals surface area contributed by atoms with E-state index in [0.717, 1.165) is 5.22 Å². The van der Waals surface area contributed by atoms with Crippen LogP contribution >= 0.6 is 0 Å². The molecule has 0 aliphatic carbocycles. The highest BCUT2D eigenvalue weighted by Gasteiger charge is 2.07. The van der Waals surface area contributed by atoms with Crippen LogP contribution in [0.2, 0.25) is 0 Å². The third-order valence-electron chi connectivity index (χ3n) is 3.72. The van der Waals surface area contributed by atoms with Crippen LogP contribution in [0.1, 0.15) is 33.3 Å². The molecule has 0 heterocycles. The van der Waals surface area contributed by atoms with Gasteiger partial charge in [-0.3, -0.25) is 0 Å². The van der Waals surface area contributed by atoms with Crippen LogP contribution in [0.25, 0.3) is 33.7 Å². The molecule has 0 fully saturated rings. The van der Waals surface area contributed by atoms with Crippen molar-refractivity contribution in [3.05, 3.63) is 59.3 Å². The van der Waals surface area contributed by atoms with Gasteiger partial charge in [-0.25, -0.2) is 0 Å². The van der Waals surface area contributed by atoms with Crippen molar-refractivity contribution >= 4 is 33.7 Å². The summed E-state index contributed by atoms with van der Waals surface area (Å²) >= 11 is 0. The molecule has 0 N–H and O–H groups in total. The normalized spacial score (nSPS) is 11.5. The quantitative estimate of drug-likeness (QED) is 0.537. The molecule has 0 saturated heterocycles. The van der Waals surface area contributed by atoms with Crippen molar-refractivity contribution < 1.29 is 0 Å². The molecule has 3 aromatic carbocycles. The molecule has 102 valence electrons. The van der Waals surface area contributed by atoms with Crippen LogP contribution in [0.3, 0.4) is 0 Å². The van der Waals surface area contributed by atoms with Crippen molar-refractivity contribution in [1.82, 2.24) is 0 Å². The topological polar surface area (TPSA) is 0 Å². The molecular weight excluding hydrogens is 240 g/mol. The maximum absolute atomic E-state index is 4.20. The first-order valence-corrected chi connectivity index (χ1v) is 7.28. The van der Waals surface area contributed by atoms with Crippen molar-refractivity contribution in [1.29, 1.82) is 0 Å². The van der Waals surface area contributed by atoms with Crippen LogP contribution in [0.5, 0.6) is 0 Å². The summed E-state index contributed by atoms with van der Waals surface area (Å²) in [5, 5.41) is 6.32. The highest BCUT2D eigenvalue weighted by molar-refractivity contribution is 6.13. The van der Waals surface area contributed by atoms with Gasteiger partial charge < -0.3 is 0 Å². The Morgan fingerprint density at radius 2 is 1.50 bits per heavy atom. The molecule has 0 saturated carbocycles. The van der Waals surface area contributed by atoms with E-state index in [4.69, 9.17) is 0 Å². The van der Waals surface area contributed by atoms with Gasteiger partial charge in [-0.2, -0.15) is 0 Å². The first-order valence-electron chi connectivity index (χ1n) is 7.28. The van der Waals surface area contributed by atoms with Gasteiger partial charge in [0, 0.05) is 0 Å². The molecule has 0 bridgehead atoms. The second-order valence-electron chi connectivity index (χ2n) is 4.76. The summed E-state index contributed by atoms with van der Waals surface area (Å²) in [7, 11) is 0. The van der Waals surface area contributed by atoms with Crippen LogP contribution < -0.4 is 5.22 Å². The third kappa shape index (κ3) is 2.22.